The Morgan fingerprint density at radius 3 is 2.33 bits per heavy atom. The molecule has 3 heteroatoms. The second-order valence-corrected chi connectivity index (χ2v) is 3.92. The fraction of sp³-hybridized carbons (Fsp3) is 0.889. The Morgan fingerprint density at radius 2 is 2.00 bits per heavy atom. The highest BCUT2D eigenvalue weighted by molar-refractivity contribution is 5.79. The number of primary amides is 1. The average Bonchev–Trinajstić information content (AvgIpc) is 1.85. The van der Waals surface area contributed by atoms with E-state index in [1.54, 1.807) is 0 Å². The Balaban J connectivity index is 3.69. The van der Waals surface area contributed by atoms with Gasteiger partial charge in [-0.05, 0) is 20.3 Å². The van der Waals surface area contributed by atoms with Crippen LogP contribution in [0.2, 0.25) is 0 Å². The van der Waals surface area contributed by atoms with E-state index in [-0.39, 0.29) is 12.0 Å². The first-order valence-electron chi connectivity index (χ1n) is 4.28. The van der Waals surface area contributed by atoms with Gasteiger partial charge in [0.2, 0.25) is 5.91 Å². The van der Waals surface area contributed by atoms with Crippen LogP contribution in [0.1, 0.15) is 34.1 Å². The molecule has 0 bridgehead atoms. The third kappa shape index (κ3) is 4.34. The average molecular weight is 173 g/mol. The molecule has 0 unspecified atom stereocenters. The summed E-state index contributed by atoms with van der Waals surface area (Å²) in [6.45, 7) is 8.19. The van der Waals surface area contributed by atoms with Gasteiger partial charge in [-0.15, -0.1) is 0 Å². The topological polar surface area (TPSA) is 52.3 Å². The van der Waals surface area contributed by atoms with Crippen LogP contribution < -0.4 is 5.73 Å². The molecule has 1 amide bonds. The number of hydrogen-bond acceptors (Lipinski definition) is 2. The summed E-state index contributed by atoms with van der Waals surface area (Å²) in [5, 5.41) is 0. The molecule has 0 spiro atoms. The molecule has 0 aliphatic rings. The molecule has 0 radical (unpaired) electrons. The summed E-state index contributed by atoms with van der Waals surface area (Å²) >= 11 is 0. The lowest BCUT2D eigenvalue weighted by Crippen LogP contribution is -2.32. The van der Waals surface area contributed by atoms with Crippen LogP contribution in [0.25, 0.3) is 0 Å². The molecule has 0 fully saturated rings. The molecule has 0 atom stereocenters. The summed E-state index contributed by atoms with van der Waals surface area (Å²) in [5.41, 5.74) is 4.74. The lowest BCUT2D eigenvalue weighted by molar-refractivity contribution is -0.127. The van der Waals surface area contributed by atoms with Crippen LogP contribution in [0.3, 0.4) is 0 Å². The Morgan fingerprint density at radius 1 is 1.50 bits per heavy atom. The van der Waals surface area contributed by atoms with Crippen molar-refractivity contribution in [3.8, 4) is 0 Å². The maximum atomic E-state index is 10.9. The van der Waals surface area contributed by atoms with Crippen LogP contribution in [0.15, 0.2) is 0 Å². The van der Waals surface area contributed by atoms with Crippen LogP contribution in [0, 0.1) is 5.41 Å². The first kappa shape index (κ1) is 11.4. The van der Waals surface area contributed by atoms with E-state index in [1.807, 2.05) is 27.7 Å². The fourth-order valence-electron chi connectivity index (χ4n) is 0.673. The molecule has 0 rings (SSSR count). The molecule has 0 aliphatic carbocycles. The third-order valence-electron chi connectivity index (χ3n) is 1.85. The summed E-state index contributed by atoms with van der Waals surface area (Å²) in [5.74, 6) is -0.269. The van der Waals surface area contributed by atoms with Gasteiger partial charge in [0.15, 0.2) is 0 Å². The van der Waals surface area contributed by atoms with Crippen molar-refractivity contribution in [3.63, 3.8) is 0 Å². The van der Waals surface area contributed by atoms with E-state index >= 15 is 0 Å². The molecule has 0 aromatic carbocycles. The maximum Gasteiger partial charge on any atom is 0.223 e. The van der Waals surface area contributed by atoms with Crippen LogP contribution in [0.5, 0.6) is 0 Å². The summed E-state index contributed by atoms with van der Waals surface area (Å²) < 4.78 is 5.32. The van der Waals surface area contributed by atoms with Crippen LogP contribution >= 0.6 is 0 Å². The molecule has 0 aromatic rings. The Hall–Kier alpha value is -0.570. The lowest BCUT2D eigenvalue weighted by atomic mass is 9.89. The largest absolute Gasteiger partial charge is 0.379 e. The lowest BCUT2D eigenvalue weighted by Gasteiger charge is -2.20. The number of nitrogens with two attached hydrogens (primary N) is 1. The third-order valence-corrected chi connectivity index (χ3v) is 1.85. The fourth-order valence-corrected chi connectivity index (χ4v) is 0.673. The molecule has 2 N–H and O–H groups in total. The second-order valence-electron chi connectivity index (χ2n) is 3.92. The van der Waals surface area contributed by atoms with Gasteiger partial charge in [-0.25, -0.2) is 0 Å². The zero-order valence-electron chi connectivity index (χ0n) is 8.39. The monoisotopic (exact) mass is 173 g/mol. The van der Waals surface area contributed by atoms with Gasteiger partial charge in [-0.3, -0.25) is 4.79 Å². The first-order valence-corrected chi connectivity index (χ1v) is 4.28. The number of amides is 1. The van der Waals surface area contributed by atoms with Crippen molar-refractivity contribution < 1.29 is 9.53 Å². The molecule has 12 heavy (non-hydrogen) atoms. The molecular weight excluding hydrogens is 154 g/mol. The molecule has 0 heterocycles. The van der Waals surface area contributed by atoms with E-state index in [2.05, 4.69) is 0 Å². The van der Waals surface area contributed by atoms with Crippen molar-refractivity contribution in [2.75, 3.05) is 6.61 Å². The highest BCUT2D eigenvalue weighted by Crippen LogP contribution is 2.19. The molecular formula is C9H19NO2. The van der Waals surface area contributed by atoms with E-state index < -0.39 is 5.41 Å². The summed E-state index contributed by atoms with van der Waals surface area (Å²) in [6.07, 6.45) is 0.897. The van der Waals surface area contributed by atoms with Gasteiger partial charge in [0.05, 0.1) is 6.10 Å². The number of hydrogen-bond donors (Lipinski definition) is 1. The minimum absolute atomic E-state index is 0.216. The van der Waals surface area contributed by atoms with Crippen LogP contribution in [0.4, 0.5) is 0 Å². The van der Waals surface area contributed by atoms with Crippen molar-refractivity contribution in [1.29, 1.82) is 0 Å². The molecule has 0 aliphatic heterocycles. The number of carbonyl (C=O) groups excluding carboxylic acids is 1. The SMILES string of the molecule is CC(C)OCCC(C)(C)C(N)=O. The van der Waals surface area contributed by atoms with Crippen molar-refractivity contribution in [2.45, 2.75) is 40.2 Å². The molecule has 0 saturated carbocycles. The minimum atomic E-state index is -0.450. The smallest absolute Gasteiger partial charge is 0.223 e. The van der Waals surface area contributed by atoms with E-state index in [0.717, 1.165) is 0 Å². The molecule has 0 saturated heterocycles. The minimum Gasteiger partial charge on any atom is -0.379 e. The standard InChI is InChI=1S/C9H19NO2/c1-7(2)12-6-5-9(3,4)8(10)11/h7H,5-6H2,1-4H3,(H2,10,11). The van der Waals surface area contributed by atoms with Gasteiger partial charge < -0.3 is 10.5 Å². The number of ether oxygens (including phenoxy) is 1. The molecule has 72 valence electrons. The van der Waals surface area contributed by atoms with E-state index in [0.29, 0.717) is 13.0 Å². The Bertz CT molecular complexity index is 153. The predicted molar refractivity (Wildman–Crippen MR) is 48.7 cm³/mol. The summed E-state index contributed by atoms with van der Waals surface area (Å²) in [6, 6.07) is 0. The number of carbonyl (C=O) groups is 1. The quantitative estimate of drug-likeness (QED) is 0.681. The van der Waals surface area contributed by atoms with Gasteiger partial charge >= 0.3 is 0 Å². The molecule has 3 nitrogen and oxygen atoms in total. The maximum absolute atomic E-state index is 10.9. The van der Waals surface area contributed by atoms with Gasteiger partial charge in [0.25, 0.3) is 0 Å². The van der Waals surface area contributed by atoms with Gasteiger partial charge in [0, 0.05) is 12.0 Å². The Labute approximate surface area is 74.3 Å². The predicted octanol–water partition coefficient (Wildman–Crippen LogP) is 1.31. The van der Waals surface area contributed by atoms with E-state index in [4.69, 9.17) is 10.5 Å². The highest BCUT2D eigenvalue weighted by Gasteiger charge is 2.24. The summed E-state index contributed by atoms with van der Waals surface area (Å²) in [4.78, 5) is 10.9. The van der Waals surface area contributed by atoms with Crippen LogP contribution in [-0.4, -0.2) is 18.6 Å². The zero-order chi connectivity index (χ0) is 9.78. The second kappa shape index (κ2) is 4.45. The van der Waals surface area contributed by atoms with Crippen LogP contribution in [-0.2, 0) is 9.53 Å². The summed E-state index contributed by atoms with van der Waals surface area (Å²) in [7, 11) is 0. The molecule has 0 aromatic heterocycles. The van der Waals surface area contributed by atoms with Gasteiger partial charge in [-0.2, -0.15) is 0 Å². The zero-order valence-corrected chi connectivity index (χ0v) is 8.39. The van der Waals surface area contributed by atoms with Crippen molar-refractivity contribution in [2.24, 2.45) is 11.1 Å². The number of rotatable bonds is 5. The first-order chi connectivity index (χ1) is 5.36. The van der Waals surface area contributed by atoms with Crippen molar-refractivity contribution >= 4 is 5.91 Å². The normalized spacial score (nSPS) is 12.1. The van der Waals surface area contributed by atoms with E-state index in [1.165, 1.54) is 0 Å². The highest BCUT2D eigenvalue weighted by atomic mass is 16.5. The van der Waals surface area contributed by atoms with Gasteiger partial charge in [-0.1, -0.05) is 13.8 Å². The van der Waals surface area contributed by atoms with E-state index in [9.17, 15) is 4.79 Å². The van der Waals surface area contributed by atoms with Crippen molar-refractivity contribution in [1.82, 2.24) is 0 Å². The Kier molecular flexibility index (Phi) is 4.24. The van der Waals surface area contributed by atoms with Crippen molar-refractivity contribution in [3.05, 3.63) is 0 Å². The van der Waals surface area contributed by atoms with Gasteiger partial charge in [0.1, 0.15) is 0 Å².